The second kappa shape index (κ2) is 7.91. The largest absolute Gasteiger partial charge is 0.325 e. The quantitative estimate of drug-likeness (QED) is 0.817. The summed E-state index contributed by atoms with van der Waals surface area (Å²) < 4.78 is 0. The smallest absolute Gasteiger partial charge is 0.234 e. The number of benzene rings is 1. The number of anilines is 1. The second-order valence-electron chi connectivity index (χ2n) is 5.11. The van der Waals surface area contributed by atoms with Gasteiger partial charge >= 0.3 is 0 Å². The number of rotatable bonds is 6. The number of carbonyl (C=O) groups excluding carboxylic acids is 1. The van der Waals surface area contributed by atoms with Gasteiger partial charge in [-0.1, -0.05) is 11.6 Å². The average molecular weight is 313 g/mol. The van der Waals surface area contributed by atoms with Crippen LogP contribution in [0.25, 0.3) is 0 Å². The lowest BCUT2D eigenvalue weighted by Crippen LogP contribution is -2.23. The van der Waals surface area contributed by atoms with Gasteiger partial charge in [-0.2, -0.15) is 11.8 Å². The summed E-state index contributed by atoms with van der Waals surface area (Å²) in [6.45, 7) is 5.48. The van der Waals surface area contributed by atoms with Gasteiger partial charge in [0, 0.05) is 23.0 Å². The Morgan fingerprint density at radius 1 is 1.40 bits per heavy atom. The van der Waals surface area contributed by atoms with Crippen LogP contribution in [0.4, 0.5) is 5.69 Å². The number of thioether (sulfide) groups is 1. The van der Waals surface area contributed by atoms with Gasteiger partial charge in [0.1, 0.15) is 0 Å². The van der Waals surface area contributed by atoms with E-state index in [0.717, 1.165) is 23.5 Å². The van der Waals surface area contributed by atoms with Crippen molar-refractivity contribution >= 4 is 35.0 Å². The molecule has 2 rings (SSSR count). The summed E-state index contributed by atoms with van der Waals surface area (Å²) in [6.07, 6.45) is 2.64. The lowest BCUT2D eigenvalue weighted by atomic mass is 10.2. The lowest BCUT2D eigenvalue weighted by Gasteiger charge is -2.13. The number of nitrogens with zero attached hydrogens (tertiary/aromatic N) is 1. The van der Waals surface area contributed by atoms with Gasteiger partial charge in [-0.3, -0.25) is 4.79 Å². The molecule has 0 bridgehead atoms. The summed E-state index contributed by atoms with van der Waals surface area (Å²) in [7, 11) is 0. The predicted molar refractivity (Wildman–Crippen MR) is 87.8 cm³/mol. The Balaban J connectivity index is 1.67. The number of aryl methyl sites for hydroxylation is 1. The summed E-state index contributed by atoms with van der Waals surface area (Å²) in [5.74, 6) is 1.59. The first-order valence-corrected chi connectivity index (χ1v) is 8.54. The number of hydrogen-bond donors (Lipinski definition) is 1. The molecule has 1 aliphatic heterocycles. The maximum atomic E-state index is 11.9. The number of halogens is 1. The van der Waals surface area contributed by atoms with E-state index in [0.29, 0.717) is 10.8 Å². The van der Waals surface area contributed by atoms with Crippen molar-refractivity contribution in [3.63, 3.8) is 0 Å². The molecular weight excluding hydrogens is 292 g/mol. The topological polar surface area (TPSA) is 32.3 Å². The molecule has 0 unspecified atom stereocenters. The van der Waals surface area contributed by atoms with Gasteiger partial charge in [0.2, 0.25) is 5.91 Å². The van der Waals surface area contributed by atoms with Gasteiger partial charge in [-0.15, -0.1) is 0 Å². The maximum Gasteiger partial charge on any atom is 0.234 e. The Bertz CT molecular complexity index is 461. The maximum absolute atomic E-state index is 11.9. The van der Waals surface area contributed by atoms with E-state index in [1.54, 1.807) is 17.8 Å². The normalized spacial score (nSPS) is 15.5. The Hall–Kier alpha value is -0.710. The van der Waals surface area contributed by atoms with Crippen molar-refractivity contribution in [1.82, 2.24) is 4.90 Å². The van der Waals surface area contributed by atoms with Crippen LogP contribution in [-0.4, -0.2) is 41.9 Å². The molecule has 0 radical (unpaired) electrons. The number of nitrogens with one attached hydrogen (secondary N) is 1. The highest BCUT2D eigenvalue weighted by Gasteiger charge is 2.11. The predicted octanol–water partition coefficient (Wildman–Crippen LogP) is 3.42. The van der Waals surface area contributed by atoms with E-state index in [4.69, 9.17) is 11.6 Å². The summed E-state index contributed by atoms with van der Waals surface area (Å²) in [4.78, 5) is 14.3. The molecule has 0 saturated carbocycles. The minimum Gasteiger partial charge on any atom is -0.325 e. The molecule has 3 nitrogen and oxygen atoms in total. The Labute approximate surface area is 130 Å². The highest BCUT2D eigenvalue weighted by Crippen LogP contribution is 2.19. The molecule has 0 aromatic heterocycles. The molecule has 0 atom stereocenters. The number of hydrogen-bond acceptors (Lipinski definition) is 3. The van der Waals surface area contributed by atoms with Crippen LogP contribution in [-0.2, 0) is 4.79 Å². The van der Waals surface area contributed by atoms with E-state index in [2.05, 4.69) is 10.2 Å². The van der Waals surface area contributed by atoms with E-state index in [1.807, 2.05) is 19.1 Å². The number of carbonyl (C=O) groups is 1. The van der Waals surface area contributed by atoms with Crippen LogP contribution >= 0.6 is 23.4 Å². The van der Waals surface area contributed by atoms with Crippen molar-refractivity contribution < 1.29 is 4.79 Å². The van der Waals surface area contributed by atoms with Gasteiger partial charge in [0.25, 0.3) is 0 Å². The molecule has 1 aromatic carbocycles. The molecular formula is C15H21ClN2OS. The second-order valence-corrected chi connectivity index (χ2v) is 6.65. The molecule has 5 heteroatoms. The Morgan fingerprint density at radius 3 is 2.85 bits per heavy atom. The van der Waals surface area contributed by atoms with E-state index in [-0.39, 0.29) is 5.91 Å². The first-order valence-electron chi connectivity index (χ1n) is 7.01. The van der Waals surface area contributed by atoms with Crippen molar-refractivity contribution in [2.24, 2.45) is 0 Å². The van der Waals surface area contributed by atoms with Gasteiger partial charge in [-0.25, -0.2) is 0 Å². The molecule has 0 spiro atoms. The van der Waals surface area contributed by atoms with Gasteiger partial charge in [-0.05, 0) is 56.6 Å². The zero-order valence-corrected chi connectivity index (χ0v) is 13.4. The fourth-order valence-corrected chi connectivity index (χ4v) is 3.33. The van der Waals surface area contributed by atoms with E-state index in [9.17, 15) is 4.79 Å². The SMILES string of the molecule is Cc1cc(Cl)ccc1NC(=O)CSCCN1CCCC1. The van der Waals surface area contributed by atoms with E-state index < -0.39 is 0 Å². The fourth-order valence-electron chi connectivity index (χ4n) is 2.32. The van der Waals surface area contributed by atoms with Crippen LogP contribution in [0.1, 0.15) is 18.4 Å². The highest BCUT2D eigenvalue weighted by molar-refractivity contribution is 7.99. The van der Waals surface area contributed by atoms with Crippen LogP contribution < -0.4 is 5.32 Å². The minimum absolute atomic E-state index is 0.0573. The first-order chi connectivity index (χ1) is 9.65. The molecule has 0 aliphatic carbocycles. The zero-order valence-electron chi connectivity index (χ0n) is 11.8. The molecule has 1 heterocycles. The number of likely N-dealkylation sites (tertiary alicyclic amines) is 1. The van der Waals surface area contributed by atoms with E-state index >= 15 is 0 Å². The van der Waals surface area contributed by atoms with Crippen LogP contribution in [0.2, 0.25) is 5.02 Å². The minimum atomic E-state index is 0.0573. The number of amides is 1. The Kier molecular flexibility index (Phi) is 6.20. The first kappa shape index (κ1) is 15.7. The highest BCUT2D eigenvalue weighted by atomic mass is 35.5. The summed E-state index contributed by atoms with van der Waals surface area (Å²) in [6, 6.07) is 5.51. The van der Waals surface area contributed by atoms with Crippen LogP contribution in [0.15, 0.2) is 18.2 Å². The summed E-state index contributed by atoms with van der Waals surface area (Å²) in [5, 5.41) is 3.63. The standard InChI is InChI=1S/C15H21ClN2OS/c1-12-10-13(16)4-5-14(12)17-15(19)11-20-9-8-18-6-2-3-7-18/h4-5,10H,2-3,6-9,11H2,1H3,(H,17,19). The van der Waals surface area contributed by atoms with Gasteiger partial charge < -0.3 is 10.2 Å². The van der Waals surface area contributed by atoms with Crippen molar-refractivity contribution in [2.45, 2.75) is 19.8 Å². The van der Waals surface area contributed by atoms with E-state index in [1.165, 1.54) is 25.9 Å². The third kappa shape index (κ3) is 5.00. The third-order valence-electron chi connectivity index (χ3n) is 3.45. The van der Waals surface area contributed by atoms with Gasteiger partial charge in [0.15, 0.2) is 0 Å². The molecule has 110 valence electrons. The zero-order chi connectivity index (χ0) is 14.4. The van der Waals surface area contributed by atoms with Crippen molar-refractivity contribution in [3.8, 4) is 0 Å². The molecule has 20 heavy (non-hydrogen) atoms. The molecule has 1 saturated heterocycles. The van der Waals surface area contributed by atoms with Gasteiger partial charge in [0.05, 0.1) is 5.75 Å². The van der Waals surface area contributed by atoms with Crippen molar-refractivity contribution in [3.05, 3.63) is 28.8 Å². The monoisotopic (exact) mass is 312 g/mol. The lowest BCUT2D eigenvalue weighted by molar-refractivity contribution is -0.113. The molecule has 1 fully saturated rings. The molecule has 1 aromatic rings. The molecule has 1 amide bonds. The summed E-state index contributed by atoms with van der Waals surface area (Å²) in [5.41, 5.74) is 1.84. The average Bonchev–Trinajstić information content (AvgIpc) is 2.91. The third-order valence-corrected chi connectivity index (χ3v) is 4.62. The van der Waals surface area contributed by atoms with Crippen molar-refractivity contribution in [2.75, 3.05) is 36.5 Å². The van der Waals surface area contributed by atoms with Crippen LogP contribution in [0, 0.1) is 6.92 Å². The summed E-state index contributed by atoms with van der Waals surface area (Å²) >= 11 is 7.59. The molecule has 1 N–H and O–H groups in total. The Morgan fingerprint density at radius 2 is 2.15 bits per heavy atom. The van der Waals surface area contributed by atoms with Crippen LogP contribution in [0.5, 0.6) is 0 Å². The van der Waals surface area contributed by atoms with Crippen LogP contribution in [0.3, 0.4) is 0 Å². The van der Waals surface area contributed by atoms with Crippen molar-refractivity contribution in [1.29, 1.82) is 0 Å². The fraction of sp³-hybridized carbons (Fsp3) is 0.533. The molecule has 1 aliphatic rings.